The zero-order valence-electron chi connectivity index (χ0n) is 14.2. The molecule has 3 rings (SSSR count). The third-order valence-corrected chi connectivity index (χ3v) is 5.43. The summed E-state index contributed by atoms with van der Waals surface area (Å²) < 4.78 is 2.11. The van der Waals surface area contributed by atoms with Crippen LogP contribution in [-0.4, -0.2) is 37.5 Å². The molecule has 0 bridgehead atoms. The monoisotopic (exact) mass is 373 g/mol. The number of aromatic nitrogens is 4. The average molecular weight is 374 g/mol. The summed E-state index contributed by atoms with van der Waals surface area (Å²) in [5, 5.41) is 6.98. The molecule has 130 valence electrons. The van der Waals surface area contributed by atoms with Crippen LogP contribution >= 0.6 is 23.5 Å². The van der Waals surface area contributed by atoms with Gasteiger partial charge in [-0.15, -0.1) is 16.9 Å². The van der Waals surface area contributed by atoms with Gasteiger partial charge in [0.15, 0.2) is 5.78 Å². The Hall–Kier alpha value is -2.19. The lowest BCUT2D eigenvalue weighted by atomic mass is 10.2. The summed E-state index contributed by atoms with van der Waals surface area (Å²) >= 11 is 2.97. The number of nitrogens with zero attached hydrogens (tertiary/aromatic N) is 3. The van der Waals surface area contributed by atoms with E-state index in [1.165, 1.54) is 16.7 Å². The molecule has 1 aromatic carbocycles. The van der Waals surface area contributed by atoms with E-state index in [1.807, 2.05) is 26.0 Å². The summed E-state index contributed by atoms with van der Waals surface area (Å²) in [6.45, 7) is 3.99. The minimum absolute atomic E-state index is 0.0498. The lowest BCUT2D eigenvalue weighted by Gasteiger charge is -2.11. The average Bonchev–Trinajstić information content (AvgIpc) is 3.15. The summed E-state index contributed by atoms with van der Waals surface area (Å²) in [6.07, 6.45) is 2.05. The standard InChI is InChI=1S/C17H19N5OS2/c1-10-7-14(15(23)9-25-17-19-16(18)20-21-17)11(2)22(10)12-5-4-6-13(8-12)24-3/h4-8H,9H2,1-3H3,(H3,18,19,20,21). The Labute approximate surface area is 154 Å². The minimum atomic E-state index is 0.0498. The number of carbonyl (C=O) groups is 1. The van der Waals surface area contributed by atoms with Gasteiger partial charge < -0.3 is 10.3 Å². The highest BCUT2D eigenvalue weighted by Gasteiger charge is 2.17. The Morgan fingerprint density at radius 2 is 2.12 bits per heavy atom. The molecule has 0 unspecified atom stereocenters. The molecule has 0 amide bonds. The Balaban J connectivity index is 1.84. The number of nitrogen functional groups attached to an aromatic ring is 1. The summed E-state index contributed by atoms with van der Waals surface area (Å²) in [6, 6.07) is 10.2. The number of rotatable bonds is 6. The van der Waals surface area contributed by atoms with Crippen molar-refractivity contribution in [3.8, 4) is 5.69 Å². The summed E-state index contributed by atoms with van der Waals surface area (Å²) in [4.78, 5) is 17.8. The molecule has 8 heteroatoms. The second-order valence-corrected chi connectivity index (χ2v) is 7.36. The fraction of sp³-hybridized carbons (Fsp3) is 0.235. The molecule has 0 aliphatic carbocycles. The molecule has 2 heterocycles. The van der Waals surface area contributed by atoms with Crippen molar-refractivity contribution in [2.75, 3.05) is 17.7 Å². The lowest BCUT2D eigenvalue weighted by molar-refractivity contribution is 0.102. The highest BCUT2D eigenvalue weighted by Crippen LogP contribution is 2.25. The predicted molar refractivity (Wildman–Crippen MR) is 103 cm³/mol. The van der Waals surface area contributed by atoms with Gasteiger partial charge in [0.2, 0.25) is 11.1 Å². The second-order valence-electron chi connectivity index (χ2n) is 5.54. The molecule has 0 radical (unpaired) electrons. The van der Waals surface area contributed by atoms with Gasteiger partial charge in [0.25, 0.3) is 0 Å². The van der Waals surface area contributed by atoms with E-state index in [1.54, 1.807) is 11.8 Å². The molecule has 6 nitrogen and oxygen atoms in total. The maximum Gasteiger partial charge on any atom is 0.216 e. The summed E-state index contributed by atoms with van der Waals surface area (Å²) in [7, 11) is 0. The van der Waals surface area contributed by atoms with Gasteiger partial charge >= 0.3 is 0 Å². The molecule has 25 heavy (non-hydrogen) atoms. The van der Waals surface area contributed by atoms with Crippen molar-refractivity contribution in [3.63, 3.8) is 0 Å². The first-order valence-corrected chi connectivity index (χ1v) is 9.88. The molecule has 0 aliphatic rings. The number of anilines is 1. The van der Waals surface area contributed by atoms with Gasteiger partial charge in [-0.3, -0.25) is 4.79 Å². The maximum absolute atomic E-state index is 12.6. The van der Waals surface area contributed by atoms with E-state index in [-0.39, 0.29) is 17.5 Å². The van der Waals surface area contributed by atoms with Gasteiger partial charge in [0, 0.05) is 27.5 Å². The molecular formula is C17H19N5OS2. The number of thioether (sulfide) groups is 2. The third kappa shape index (κ3) is 3.74. The Morgan fingerprint density at radius 1 is 1.32 bits per heavy atom. The van der Waals surface area contributed by atoms with Crippen LogP contribution in [0.15, 0.2) is 40.4 Å². The van der Waals surface area contributed by atoms with E-state index in [9.17, 15) is 4.79 Å². The number of H-pyrrole nitrogens is 1. The van der Waals surface area contributed by atoms with E-state index >= 15 is 0 Å². The fourth-order valence-corrected chi connectivity index (χ4v) is 3.86. The number of hydrogen-bond donors (Lipinski definition) is 2. The number of aryl methyl sites for hydroxylation is 1. The fourth-order valence-electron chi connectivity index (χ4n) is 2.72. The van der Waals surface area contributed by atoms with Crippen molar-refractivity contribution in [2.24, 2.45) is 0 Å². The predicted octanol–water partition coefficient (Wildman–Crippen LogP) is 3.49. The molecule has 2 aromatic heterocycles. The maximum atomic E-state index is 12.6. The quantitative estimate of drug-likeness (QED) is 0.508. The zero-order chi connectivity index (χ0) is 18.0. The molecule has 0 aliphatic heterocycles. The van der Waals surface area contributed by atoms with Gasteiger partial charge in [-0.25, -0.2) is 5.10 Å². The van der Waals surface area contributed by atoms with Crippen LogP contribution in [0.3, 0.4) is 0 Å². The van der Waals surface area contributed by atoms with E-state index in [4.69, 9.17) is 5.73 Å². The Morgan fingerprint density at radius 3 is 2.80 bits per heavy atom. The Kier molecular flexibility index (Phi) is 5.19. The van der Waals surface area contributed by atoms with Crippen LogP contribution in [0.25, 0.3) is 5.69 Å². The lowest BCUT2D eigenvalue weighted by Crippen LogP contribution is -2.06. The first-order valence-electron chi connectivity index (χ1n) is 7.67. The third-order valence-electron chi connectivity index (χ3n) is 3.86. The van der Waals surface area contributed by atoms with Gasteiger partial charge in [0.1, 0.15) is 0 Å². The number of ketones is 1. The van der Waals surface area contributed by atoms with Crippen molar-refractivity contribution < 1.29 is 4.79 Å². The molecule has 0 saturated heterocycles. The molecule has 3 aromatic rings. The van der Waals surface area contributed by atoms with Crippen molar-refractivity contribution in [3.05, 3.63) is 47.3 Å². The van der Waals surface area contributed by atoms with Crippen LogP contribution in [0.5, 0.6) is 0 Å². The zero-order valence-corrected chi connectivity index (χ0v) is 15.9. The van der Waals surface area contributed by atoms with Crippen molar-refractivity contribution in [1.29, 1.82) is 0 Å². The SMILES string of the molecule is CSc1cccc(-n2c(C)cc(C(=O)CSc3n[nH]c(N)n3)c2C)c1. The van der Waals surface area contributed by atoms with Crippen LogP contribution in [0.1, 0.15) is 21.7 Å². The number of aromatic amines is 1. The number of Topliss-reactive ketones (excluding diaryl/α,β-unsaturated/α-hetero) is 1. The van der Waals surface area contributed by atoms with Gasteiger partial charge in [0.05, 0.1) is 5.75 Å². The van der Waals surface area contributed by atoms with Crippen molar-refractivity contribution in [1.82, 2.24) is 19.7 Å². The number of nitrogens with two attached hydrogens (primary N) is 1. The van der Waals surface area contributed by atoms with Gasteiger partial charge in [-0.2, -0.15) is 4.98 Å². The van der Waals surface area contributed by atoms with E-state index in [2.05, 4.69) is 44.2 Å². The Bertz CT molecular complexity index is 916. The van der Waals surface area contributed by atoms with Crippen molar-refractivity contribution in [2.45, 2.75) is 23.9 Å². The number of hydrogen-bond acceptors (Lipinski definition) is 6. The minimum Gasteiger partial charge on any atom is -0.368 e. The molecule has 0 spiro atoms. The summed E-state index contributed by atoms with van der Waals surface area (Å²) in [5.74, 6) is 0.572. The highest BCUT2D eigenvalue weighted by atomic mass is 32.2. The normalized spacial score (nSPS) is 11.0. The van der Waals surface area contributed by atoms with Crippen LogP contribution in [0.2, 0.25) is 0 Å². The van der Waals surface area contributed by atoms with Gasteiger partial charge in [-0.1, -0.05) is 17.8 Å². The molecular weight excluding hydrogens is 354 g/mol. The molecule has 0 fully saturated rings. The van der Waals surface area contributed by atoms with Crippen LogP contribution < -0.4 is 5.73 Å². The molecule has 0 saturated carbocycles. The number of nitrogens with one attached hydrogen (secondary N) is 1. The summed E-state index contributed by atoms with van der Waals surface area (Å²) in [5.41, 5.74) is 9.26. The largest absolute Gasteiger partial charge is 0.368 e. The highest BCUT2D eigenvalue weighted by molar-refractivity contribution is 7.99. The van der Waals surface area contributed by atoms with E-state index < -0.39 is 0 Å². The second kappa shape index (κ2) is 7.37. The van der Waals surface area contributed by atoms with Gasteiger partial charge in [-0.05, 0) is 44.4 Å². The van der Waals surface area contributed by atoms with Crippen LogP contribution in [-0.2, 0) is 0 Å². The molecule has 0 atom stereocenters. The number of carbonyl (C=O) groups excluding carboxylic acids is 1. The van der Waals surface area contributed by atoms with Crippen LogP contribution in [0, 0.1) is 13.8 Å². The number of benzene rings is 1. The molecule has 3 N–H and O–H groups in total. The smallest absolute Gasteiger partial charge is 0.216 e. The van der Waals surface area contributed by atoms with Crippen molar-refractivity contribution >= 4 is 35.3 Å². The van der Waals surface area contributed by atoms with E-state index in [0.717, 1.165) is 22.6 Å². The first-order chi connectivity index (χ1) is 12.0. The first kappa shape index (κ1) is 17.6. The van der Waals surface area contributed by atoms with E-state index in [0.29, 0.717) is 5.16 Å². The topological polar surface area (TPSA) is 89.6 Å². The van der Waals surface area contributed by atoms with Crippen LogP contribution in [0.4, 0.5) is 5.95 Å².